The Morgan fingerprint density at radius 3 is 2.45 bits per heavy atom. The summed E-state index contributed by atoms with van der Waals surface area (Å²) >= 11 is 0. The molecule has 0 unspecified atom stereocenters. The van der Waals surface area contributed by atoms with E-state index in [0.29, 0.717) is 12.0 Å². The molecule has 0 aliphatic heterocycles. The number of fused-ring (bicyclic) bond motifs is 1. The van der Waals surface area contributed by atoms with Gasteiger partial charge in [0.15, 0.2) is 5.76 Å². The molecule has 6 nitrogen and oxygen atoms in total. The predicted octanol–water partition coefficient (Wildman–Crippen LogP) is 4.93. The maximum absolute atomic E-state index is 12.8. The number of benzene rings is 2. The number of nitrogens with zero attached hydrogens (tertiary/aromatic N) is 1. The van der Waals surface area contributed by atoms with Crippen LogP contribution in [0.3, 0.4) is 0 Å². The van der Waals surface area contributed by atoms with Crippen LogP contribution >= 0.6 is 0 Å². The molecular formula is C25H25N3O3. The van der Waals surface area contributed by atoms with Gasteiger partial charge in [-0.25, -0.2) is 5.43 Å². The lowest BCUT2D eigenvalue weighted by Crippen LogP contribution is -2.22. The molecule has 158 valence electrons. The quantitative estimate of drug-likeness (QED) is 0.593. The van der Waals surface area contributed by atoms with Gasteiger partial charge in [0.25, 0.3) is 11.8 Å². The first-order chi connectivity index (χ1) is 14.9. The van der Waals surface area contributed by atoms with Crippen molar-refractivity contribution in [1.29, 1.82) is 0 Å². The summed E-state index contributed by atoms with van der Waals surface area (Å²) in [5.41, 5.74) is 8.36. The lowest BCUT2D eigenvalue weighted by Gasteiger charge is -2.13. The summed E-state index contributed by atoms with van der Waals surface area (Å²) in [5.74, 6) is 0.464. The van der Waals surface area contributed by atoms with Crippen molar-refractivity contribution < 1.29 is 14.0 Å². The van der Waals surface area contributed by atoms with Crippen LogP contribution in [0.5, 0.6) is 0 Å². The Kier molecular flexibility index (Phi) is 5.71. The highest BCUT2D eigenvalue weighted by atomic mass is 16.4. The van der Waals surface area contributed by atoms with Gasteiger partial charge in [-0.15, -0.1) is 0 Å². The minimum atomic E-state index is -0.291. The molecule has 31 heavy (non-hydrogen) atoms. The Balaban J connectivity index is 1.56. The van der Waals surface area contributed by atoms with E-state index in [9.17, 15) is 9.59 Å². The van der Waals surface area contributed by atoms with E-state index in [-0.39, 0.29) is 17.6 Å². The van der Waals surface area contributed by atoms with Crippen molar-refractivity contribution in [3.05, 3.63) is 87.9 Å². The highest BCUT2D eigenvalue weighted by Crippen LogP contribution is 2.30. The van der Waals surface area contributed by atoms with E-state index in [1.165, 1.54) is 0 Å². The number of furan rings is 1. The van der Waals surface area contributed by atoms with E-state index in [1.54, 1.807) is 12.1 Å². The highest BCUT2D eigenvalue weighted by molar-refractivity contribution is 6.09. The van der Waals surface area contributed by atoms with Crippen molar-refractivity contribution in [2.45, 2.75) is 40.0 Å². The fraction of sp³-hybridized carbons (Fsp3) is 0.240. The molecule has 0 atom stereocenters. The third kappa shape index (κ3) is 4.43. The van der Waals surface area contributed by atoms with Crippen LogP contribution in [0.2, 0.25) is 0 Å². The van der Waals surface area contributed by atoms with Gasteiger partial charge in [0.05, 0.1) is 5.71 Å². The van der Waals surface area contributed by atoms with E-state index in [4.69, 9.17) is 4.42 Å². The van der Waals surface area contributed by atoms with Gasteiger partial charge < -0.3 is 9.73 Å². The second-order valence-corrected chi connectivity index (χ2v) is 7.90. The largest absolute Gasteiger partial charge is 0.455 e. The molecule has 0 saturated carbocycles. The van der Waals surface area contributed by atoms with Crippen molar-refractivity contribution in [2.24, 2.45) is 5.10 Å². The number of anilines is 1. The van der Waals surface area contributed by atoms with E-state index < -0.39 is 0 Å². The molecule has 6 heteroatoms. The van der Waals surface area contributed by atoms with Crippen LogP contribution in [0.1, 0.15) is 61.8 Å². The molecule has 1 aromatic heterocycles. The normalized spacial score (nSPS) is 14.2. The number of aryl methyl sites for hydroxylation is 3. The number of rotatable bonds is 4. The number of hydrogen-bond acceptors (Lipinski definition) is 4. The first kappa shape index (κ1) is 20.6. The van der Waals surface area contributed by atoms with E-state index in [0.717, 1.165) is 52.3 Å². The Bertz CT molecular complexity index is 1170. The molecule has 0 saturated heterocycles. The summed E-state index contributed by atoms with van der Waals surface area (Å²) < 4.78 is 5.93. The maximum Gasteiger partial charge on any atom is 0.291 e. The predicted molar refractivity (Wildman–Crippen MR) is 121 cm³/mol. The van der Waals surface area contributed by atoms with Gasteiger partial charge in [-0.05, 0) is 63.4 Å². The number of hydrazone groups is 1. The van der Waals surface area contributed by atoms with Gasteiger partial charge in [0.2, 0.25) is 0 Å². The second-order valence-electron chi connectivity index (χ2n) is 7.90. The number of amides is 2. The fourth-order valence-corrected chi connectivity index (χ4v) is 3.80. The van der Waals surface area contributed by atoms with Crippen LogP contribution in [0.4, 0.5) is 5.69 Å². The third-order valence-electron chi connectivity index (χ3n) is 5.41. The molecule has 3 aromatic rings. The van der Waals surface area contributed by atoms with E-state index >= 15 is 0 Å². The molecule has 4 rings (SSSR count). The van der Waals surface area contributed by atoms with Gasteiger partial charge in [-0.1, -0.05) is 29.8 Å². The van der Waals surface area contributed by atoms with Crippen LogP contribution in [-0.2, 0) is 6.42 Å². The first-order valence-corrected chi connectivity index (χ1v) is 10.4. The zero-order valence-electron chi connectivity index (χ0n) is 17.9. The summed E-state index contributed by atoms with van der Waals surface area (Å²) in [6.07, 6.45) is 2.29. The van der Waals surface area contributed by atoms with Gasteiger partial charge in [0, 0.05) is 28.8 Å². The van der Waals surface area contributed by atoms with Gasteiger partial charge in [-0.3, -0.25) is 9.59 Å². The Labute approximate surface area is 181 Å². The fourth-order valence-electron chi connectivity index (χ4n) is 3.80. The summed E-state index contributed by atoms with van der Waals surface area (Å²) in [7, 11) is 0. The first-order valence-electron chi connectivity index (χ1n) is 10.4. The monoisotopic (exact) mass is 415 g/mol. The molecule has 2 amide bonds. The molecule has 2 N–H and O–H groups in total. The van der Waals surface area contributed by atoms with Crippen molar-refractivity contribution in [3.8, 4) is 0 Å². The van der Waals surface area contributed by atoms with Crippen molar-refractivity contribution in [1.82, 2.24) is 5.43 Å². The summed E-state index contributed by atoms with van der Waals surface area (Å²) in [6.45, 7) is 5.80. The molecule has 0 bridgehead atoms. The van der Waals surface area contributed by atoms with Gasteiger partial charge >= 0.3 is 0 Å². The Hall–Kier alpha value is -3.67. The minimum Gasteiger partial charge on any atom is -0.455 e. The van der Waals surface area contributed by atoms with Crippen molar-refractivity contribution in [3.63, 3.8) is 0 Å². The summed E-state index contributed by atoms with van der Waals surface area (Å²) in [4.78, 5) is 25.3. The Morgan fingerprint density at radius 2 is 1.71 bits per heavy atom. The topological polar surface area (TPSA) is 83.7 Å². The zero-order chi connectivity index (χ0) is 22.0. The molecule has 0 spiro atoms. The lowest BCUT2D eigenvalue weighted by atomic mass is 9.93. The average Bonchev–Trinajstić information content (AvgIpc) is 3.10. The third-order valence-corrected chi connectivity index (χ3v) is 5.41. The van der Waals surface area contributed by atoms with E-state index in [1.807, 2.05) is 57.2 Å². The SMILES string of the molecule is Cc1ccc(C(=O)N/N=C2\CCCc3oc(C(=O)Nc4cccc(C)c4)c(C)c32)cc1. The van der Waals surface area contributed by atoms with Crippen LogP contribution in [-0.4, -0.2) is 17.5 Å². The molecule has 1 aliphatic rings. The molecular weight excluding hydrogens is 390 g/mol. The molecule has 0 radical (unpaired) electrons. The number of carbonyl (C=O) groups is 2. The smallest absolute Gasteiger partial charge is 0.291 e. The standard InChI is InChI=1S/C25H25N3O3/c1-15-10-12-18(13-11-15)24(29)28-27-20-8-5-9-21-22(20)17(3)23(31-21)25(30)26-19-7-4-6-16(2)14-19/h4,6-7,10-14H,5,8-9H2,1-3H3,(H,26,30)(H,28,29)/b27-20+. The molecule has 0 fully saturated rings. The van der Waals surface area contributed by atoms with Crippen LogP contribution < -0.4 is 10.7 Å². The van der Waals surface area contributed by atoms with Gasteiger partial charge in [0.1, 0.15) is 5.76 Å². The number of nitrogens with one attached hydrogen (secondary N) is 2. The van der Waals surface area contributed by atoms with Crippen molar-refractivity contribution in [2.75, 3.05) is 5.32 Å². The van der Waals surface area contributed by atoms with Crippen LogP contribution in [0.15, 0.2) is 58.0 Å². The van der Waals surface area contributed by atoms with Crippen LogP contribution in [0.25, 0.3) is 0 Å². The average molecular weight is 415 g/mol. The number of hydrogen-bond donors (Lipinski definition) is 2. The molecule has 1 aliphatic carbocycles. The van der Waals surface area contributed by atoms with Crippen LogP contribution in [0, 0.1) is 20.8 Å². The Morgan fingerprint density at radius 1 is 0.935 bits per heavy atom. The summed E-state index contributed by atoms with van der Waals surface area (Å²) in [6, 6.07) is 14.9. The number of carbonyl (C=O) groups excluding carboxylic acids is 2. The lowest BCUT2D eigenvalue weighted by molar-refractivity contribution is 0.0953. The molecule has 2 aromatic carbocycles. The maximum atomic E-state index is 12.8. The molecule has 1 heterocycles. The minimum absolute atomic E-state index is 0.266. The highest BCUT2D eigenvalue weighted by Gasteiger charge is 2.28. The van der Waals surface area contributed by atoms with Crippen molar-refractivity contribution >= 4 is 23.2 Å². The summed E-state index contributed by atoms with van der Waals surface area (Å²) in [5, 5.41) is 7.28. The zero-order valence-corrected chi connectivity index (χ0v) is 17.9. The van der Waals surface area contributed by atoms with Gasteiger partial charge in [-0.2, -0.15) is 5.10 Å². The second kappa shape index (κ2) is 8.60. The van der Waals surface area contributed by atoms with E-state index in [2.05, 4.69) is 15.8 Å².